The molecule has 0 bridgehead atoms. The van der Waals surface area contributed by atoms with Gasteiger partial charge in [-0.3, -0.25) is 0 Å². The predicted octanol–water partition coefficient (Wildman–Crippen LogP) is -0.617. The number of nitrogens with one attached hydrogen (secondary N) is 2. The van der Waals surface area contributed by atoms with Crippen molar-refractivity contribution in [2.75, 3.05) is 20.1 Å². The Labute approximate surface area is 61.2 Å². The van der Waals surface area contributed by atoms with E-state index in [0.29, 0.717) is 6.04 Å². The lowest BCUT2D eigenvalue weighted by Crippen LogP contribution is -2.48. The van der Waals surface area contributed by atoms with Crippen LogP contribution in [0.2, 0.25) is 0 Å². The normalized spacial score (nSPS) is 33.7. The first-order chi connectivity index (χ1) is 4.88. The maximum Gasteiger partial charge on any atom is 0.124 e. The van der Waals surface area contributed by atoms with E-state index in [9.17, 15) is 4.79 Å². The highest BCUT2D eigenvalue weighted by atomic mass is 16.1. The standard InChI is InChI=1S/C7H14N2O/c1-8-7-4-9-3-2-6(7)5-10/h5-9H,2-4H2,1H3. The minimum absolute atomic E-state index is 0.214. The average Bonchev–Trinajstić information content (AvgIpc) is 2.04. The molecule has 0 aromatic heterocycles. The summed E-state index contributed by atoms with van der Waals surface area (Å²) in [7, 11) is 1.90. The smallest absolute Gasteiger partial charge is 0.124 e. The maximum atomic E-state index is 10.5. The highest BCUT2D eigenvalue weighted by Crippen LogP contribution is 2.08. The Bertz CT molecular complexity index is 116. The summed E-state index contributed by atoms with van der Waals surface area (Å²) < 4.78 is 0. The zero-order valence-corrected chi connectivity index (χ0v) is 6.26. The van der Waals surface area contributed by atoms with Crippen LogP contribution in [0, 0.1) is 5.92 Å². The van der Waals surface area contributed by atoms with Crippen molar-refractivity contribution < 1.29 is 4.79 Å². The van der Waals surface area contributed by atoms with Gasteiger partial charge in [0.2, 0.25) is 0 Å². The molecule has 0 amide bonds. The minimum atomic E-state index is 0.214. The van der Waals surface area contributed by atoms with Crippen molar-refractivity contribution in [2.45, 2.75) is 12.5 Å². The number of piperidine rings is 1. The summed E-state index contributed by atoms with van der Waals surface area (Å²) in [6.07, 6.45) is 2.02. The van der Waals surface area contributed by atoms with E-state index in [-0.39, 0.29) is 5.92 Å². The van der Waals surface area contributed by atoms with Gasteiger partial charge in [-0.05, 0) is 20.0 Å². The van der Waals surface area contributed by atoms with Gasteiger partial charge in [-0.25, -0.2) is 0 Å². The summed E-state index contributed by atoms with van der Waals surface area (Å²) in [5, 5.41) is 6.34. The zero-order chi connectivity index (χ0) is 7.40. The number of carbonyl (C=O) groups is 1. The van der Waals surface area contributed by atoms with Gasteiger partial charge < -0.3 is 15.4 Å². The third kappa shape index (κ3) is 1.55. The Morgan fingerprint density at radius 1 is 1.70 bits per heavy atom. The molecule has 3 heteroatoms. The van der Waals surface area contributed by atoms with Gasteiger partial charge in [0.25, 0.3) is 0 Å². The lowest BCUT2D eigenvalue weighted by molar-refractivity contribution is -0.112. The van der Waals surface area contributed by atoms with E-state index in [0.717, 1.165) is 25.8 Å². The minimum Gasteiger partial charge on any atom is -0.315 e. The van der Waals surface area contributed by atoms with E-state index in [4.69, 9.17) is 0 Å². The predicted molar refractivity (Wildman–Crippen MR) is 39.9 cm³/mol. The fourth-order valence-corrected chi connectivity index (χ4v) is 1.36. The van der Waals surface area contributed by atoms with Crippen molar-refractivity contribution in [3.8, 4) is 0 Å². The van der Waals surface area contributed by atoms with Crippen LogP contribution in [-0.2, 0) is 4.79 Å². The third-order valence-corrected chi connectivity index (χ3v) is 2.08. The van der Waals surface area contributed by atoms with Gasteiger partial charge >= 0.3 is 0 Å². The summed E-state index contributed by atoms with van der Waals surface area (Å²) in [5.74, 6) is 0.214. The van der Waals surface area contributed by atoms with Crippen LogP contribution in [0.1, 0.15) is 6.42 Å². The van der Waals surface area contributed by atoms with E-state index in [1.165, 1.54) is 0 Å². The summed E-state index contributed by atoms with van der Waals surface area (Å²) in [4.78, 5) is 10.5. The molecule has 1 aliphatic rings. The average molecular weight is 142 g/mol. The van der Waals surface area contributed by atoms with Crippen LogP contribution in [0.5, 0.6) is 0 Å². The van der Waals surface area contributed by atoms with E-state index in [1.54, 1.807) is 0 Å². The molecule has 3 nitrogen and oxygen atoms in total. The van der Waals surface area contributed by atoms with Crippen LogP contribution in [0.15, 0.2) is 0 Å². The van der Waals surface area contributed by atoms with Crippen LogP contribution in [0.4, 0.5) is 0 Å². The lowest BCUT2D eigenvalue weighted by Gasteiger charge is -2.27. The van der Waals surface area contributed by atoms with Crippen molar-refractivity contribution >= 4 is 6.29 Å². The van der Waals surface area contributed by atoms with Gasteiger partial charge in [0.15, 0.2) is 0 Å². The molecule has 1 saturated heterocycles. The van der Waals surface area contributed by atoms with Gasteiger partial charge in [0, 0.05) is 18.5 Å². The molecule has 58 valence electrons. The largest absolute Gasteiger partial charge is 0.315 e. The molecule has 2 N–H and O–H groups in total. The number of hydrogen-bond donors (Lipinski definition) is 2. The molecule has 2 atom stereocenters. The van der Waals surface area contributed by atoms with E-state index < -0.39 is 0 Å². The molecule has 2 unspecified atom stereocenters. The fraction of sp³-hybridized carbons (Fsp3) is 0.857. The van der Waals surface area contributed by atoms with Crippen LogP contribution in [0.25, 0.3) is 0 Å². The second kappa shape index (κ2) is 3.68. The quantitative estimate of drug-likeness (QED) is 0.505. The molecule has 0 spiro atoms. The van der Waals surface area contributed by atoms with Gasteiger partial charge in [-0.2, -0.15) is 0 Å². The first-order valence-corrected chi connectivity index (χ1v) is 3.71. The van der Waals surface area contributed by atoms with Crippen molar-refractivity contribution in [1.82, 2.24) is 10.6 Å². The van der Waals surface area contributed by atoms with E-state index in [1.807, 2.05) is 7.05 Å². The monoisotopic (exact) mass is 142 g/mol. The Morgan fingerprint density at radius 2 is 2.50 bits per heavy atom. The molecule has 0 aromatic rings. The van der Waals surface area contributed by atoms with Crippen molar-refractivity contribution in [1.29, 1.82) is 0 Å². The molecule has 1 aliphatic heterocycles. The van der Waals surface area contributed by atoms with Crippen molar-refractivity contribution in [3.63, 3.8) is 0 Å². The molecule has 0 aromatic carbocycles. The second-order valence-corrected chi connectivity index (χ2v) is 2.69. The molecule has 1 heterocycles. The van der Waals surface area contributed by atoms with Crippen molar-refractivity contribution in [2.24, 2.45) is 5.92 Å². The summed E-state index contributed by atoms with van der Waals surface area (Å²) in [6.45, 7) is 1.89. The highest BCUT2D eigenvalue weighted by Gasteiger charge is 2.21. The number of aldehydes is 1. The second-order valence-electron chi connectivity index (χ2n) is 2.69. The molecule has 0 aliphatic carbocycles. The first-order valence-electron chi connectivity index (χ1n) is 3.71. The maximum absolute atomic E-state index is 10.5. The molecule has 1 rings (SSSR count). The van der Waals surface area contributed by atoms with E-state index >= 15 is 0 Å². The summed E-state index contributed by atoms with van der Waals surface area (Å²) in [5.41, 5.74) is 0. The van der Waals surface area contributed by atoms with Gasteiger partial charge in [0.1, 0.15) is 6.29 Å². The van der Waals surface area contributed by atoms with Crippen LogP contribution in [-0.4, -0.2) is 32.5 Å². The lowest BCUT2D eigenvalue weighted by atomic mass is 9.94. The van der Waals surface area contributed by atoms with Crippen molar-refractivity contribution in [3.05, 3.63) is 0 Å². The fourth-order valence-electron chi connectivity index (χ4n) is 1.36. The Morgan fingerprint density at radius 3 is 3.00 bits per heavy atom. The molecule has 10 heavy (non-hydrogen) atoms. The van der Waals surface area contributed by atoms with Gasteiger partial charge in [-0.1, -0.05) is 0 Å². The number of carbonyl (C=O) groups excluding carboxylic acids is 1. The van der Waals surface area contributed by atoms with E-state index in [2.05, 4.69) is 10.6 Å². The van der Waals surface area contributed by atoms with Crippen LogP contribution >= 0.6 is 0 Å². The molecule has 1 fully saturated rings. The molecular formula is C7H14N2O. The zero-order valence-electron chi connectivity index (χ0n) is 6.26. The first kappa shape index (κ1) is 7.69. The van der Waals surface area contributed by atoms with Crippen LogP contribution in [0.3, 0.4) is 0 Å². The number of hydrogen-bond acceptors (Lipinski definition) is 3. The Hall–Kier alpha value is -0.410. The van der Waals surface area contributed by atoms with Crippen LogP contribution < -0.4 is 10.6 Å². The van der Waals surface area contributed by atoms with Gasteiger partial charge in [0.05, 0.1) is 0 Å². The number of rotatable bonds is 2. The molecule has 0 radical (unpaired) electrons. The summed E-state index contributed by atoms with van der Waals surface area (Å²) >= 11 is 0. The topological polar surface area (TPSA) is 41.1 Å². The molecule has 0 saturated carbocycles. The summed E-state index contributed by atoms with van der Waals surface area (Å²) in [6, 6.07) is 0.339. The number of likely N-dealkylation sites (N-methyl/N-ethyl adjacent to an activating group) is 1. The SMILES string of the molecule is CNC1CNCCC1C=O. The third-order valence-electron chi connectivity index (χ3n) is 2.08. The van der Waals surface area contributed by atoms with Gasteiger partial charge in [-0.15, -0.1) is 0 Å². The Kier molecular flexibility index (Phi) is 2.83. The highest BCUT2D eigenvalue weighted by molar-refractivity contribution is 5.55. The Balaban J connectivity index is 2.41. The molecular weight excluding hydrogens is 128 g/mol.